The van der Waals surface area contributed by atoms with Gasteiger partial charge in [-0.2, -0.15) is 4.31 Å². The van der Waals surface area contributed by atoms with Crippen LogP contribution in [0, 0.1) is 13.8 Å². The molecule has 2 aromatic heterocycles. The molecule has 29 heavy (non-hydrogen) atoms. The average Bonchev–Trinajstić information content (AvgIpc) is 3.13. The van der Waals surface area contributed by atoms with Crippen LogP contribution in [0.3, 0.4) is 0 Å². The zero-order valence-corrected chi connectivity index (χ0v) is 17.6. The fraction of sp³-hybridized carbons (Fsp3) is 0.368. The summed E-state index contributed by atoms with van der Waals surface area (Å²) in [5.41, 5.74) is 0.913. The van der Waals surface area contributed by atoms with Gasteiger partial charge < -0.3 is 13.8 Å². The summed E-state index contributed by atoms with van der Waals surface area (Å²) in [5, 5.41) is 5.05. The van der Waals surface area contributed by atoms with E-state index in [-0.39, 0.29) is 35.4 Å². The van der Waals surface area contributed by atoms with Gasteiger partial charge in [0.1, 0.15) is 16.2 Å². The molecule has 1 aliphatic rings. The van der Waals surface area contributed by atoms with Gasteiger partial charge in [0.2, 0.25) is 10.0 Å². The van der Waals surface area contributed by atoms with Crippen LogP contribution in [-0.4, -0.2) is 54.9 Å². The van der Waals surface area contributed by atoms with Crippen LogP contribution in [0.5, 0.6) is 0 Å². The number of furan rings is 1. The van der Waals surface area contributed by atoms with E-state index < -0.39 is 10.0 Å². The smallest absolute Gasteiger partial charge is 0.289 e. The molecule has 0 spiro atoms. The van der Waals surface area contributed by atoms with Crippen LogP contribution in [0.4, 0.5) is 0 Å². The van der Waals surface area contributed by atoms with Gasteiger partial charge >= 0.3 is 0 Å². The van der Waals surface area contributed by atoms with Crippen molar-refractivity contribution in [2.24, 2.45) is 0 Å². The van der Waals surface area contributed by atoms with Crippen LogP contribution < -0.4 is 0 Å². The summed E-state index contributed by atoms with van der Waals surface area (Å²) in [6.07, 6.45) is 0.514. The zero-order chi connectivity index (χ0) is 20.8. The fourth-order valence-corrected chi connectivity index (χ4v) is 5.53. The standard InChI is InChI=1S/C19H20ClN3O5S/c1-12-18(13(2)28-21-12)29(25,26)23-7-3-6-22(8-9-23)19(24)17-11-14-10-15(20)4-5-16(14)27-17/h4-5,10-11H,3,6-9H2,1-2H3. The maximum Gasteiger partial charge on any atom is 0.289 e. The molecular weight excluding hydrogens is 418 g/mol. The lowest BCUT2D eigenvalue weighted by Crippen LogP contribution is -2.37. The van der Waals surface area contributed by atoms with Crippen molar-refractivity contribution in [3.8, 4) is 0 Å². The van der Waals surface area contributed by atoms with Crippen molar-refractivity contribution in [2.45, 2.75) is 25.2 Å². The van der Waals surface area contributed by atoms with E-state index >= 15 is 0 Å². The van der Waals surface area contributed by atoms with Crippen molar-refractivity contribution >= 4 is 38.5 Å². The molecule has 0 N–H and O–H groups in total. The monoisotopic (exact) mass is 437 g/mol. The Hall–Kier alpha value is -2.36. The van der Waals surface area contributed by atoms with E-state index in [4.69, 9.17) is 20.5 Å². The molecule has 1 saturated heterocycles. The third-order valence-corrected chi connectivity index (χ3v) is 7.38. The van der Waals surface area contributed by atoms with Crippen LogP contribution in [0.2, 0.25) is 5.02 Å². The van der Waals surface area contributed by atoms with Crippen molar-refractivity contribution in [3.05, 3.63) is 46.5 Å². The van der Waals surface area contributed by atoms with E-state index in [1.807, 2.05) is 0 Å². The second kappa shape index (κ2) is 7.47. The van der Waals surface area contributed by atoms with Gasteiger partial charge in [-0.1, -0.05) is 16.8 Å². The quantitative estimate of drug-likeness (QED) is 0.624. The van der Waals surface area contributed by atoms with Crippen LogP contribution in [0.15, 0.2) is 38.1 Å². The summed E-state index contributed by atoms with van der Waals surface area (Å²) in [7, 11) is -3.74. The van der Waals surface area contributed by atoms with Crippen molar-refractivity contribution in [1.82, 2.24) is 14.4 Å². The molecule has 1 amide bonds. The lowest BCUT2D eigenvalue weighted by molar-refractivity contribution is 0.0734. The summed E-state index contributed by atoms with van der Waals surface area (Å²) in [5.74, 6) is 0.207. The molecule has 0 atom stereocenters. The second-order valence-electron chi connectivity index (χ2n) is 7.00. The lowest BCUT2D eigenvalue weighted by atomic mass is 10.2. The molecule has 3 aromatic rings. The number of halogens is 1. The maximum atomic E-state index is 13.0. The Labute approximate surface area is 173 Å². The summed E-state index contributed by atoms with van der Waals surface area (Å²) in [6.45, 7) is 4.37. The number of sulfonamides is 1. The van der Waals surface area contributed by atoms with Gasteiger partial charge in [-0.3, -0.25) is 4.79 Å². The average molecular weight is 438 g/mol. The van der Waals surface area contributed by atoms with E-state index in [2.05, 4.69) is 5.16 Å². The number of hydrogen-bond acceptors (Lipinski definition) is 6. The summed E-state index contributed by atoms with van der Waals surface area (Å²) >= 11 is 5.99. The van der Waals surface area contributed by atoms with E-state index in [1.165, 1.54) is 4.31 Å². The number of nitrogens with zero attached hydrogens (tertiary/aromatic N) is 3. The molecule has 3 heterocycles. The third-order valence-electron chi connectivity index (χ3n) is 5.00. The fourth-order valence-electron chi connectivity index (χ4n) is 3.58. The zero-order valence-electron chi connectivity index (χ0n) is 16.0. The molecule has 4 rings (SSSR count). The van der Waals surface area contributed by atoms with Gasteiger partial charge in [-0.05, 0) is 44.5 Å². The molecule has 0 saturated carbocycles. The van der Waals surface area contributed by atoms with Gasteiger partial charge in [-0.15, -0.1) is 0 Å². The van der Waals surface area contributed by atoms with Crippen molar-refractivity contribution < 1.29 is 22.2 Å². The highest BCUT2D eigenvalue weighted by atomic mass is 35.5. The minimum Gasteiger partial charge on any atom is -0.451 e. The van der Waals surface area contributed by atoms with Gasteiger partial charge in [0.05, 0.1) is 0 Å². The minimum absolute atomic E-state index is 0.103. The highest BCUT2D eigenvalue weighted by molar-refractivity contribution is 7.89. The highest BCUT2D eigenvalue weighted by Crippen LogP contribution is 2.26. The Morgan fingerprint density at radius 2 is 1.93 bits per heavy atom. The van der Waals surface area contributed by atoms with Crippen LogP contribution >= 0.6 is 11.6 Å². The first-order valence-electron chi connectivity index (χ1n) is 9.19. The first kappa shape index (κ1) is 19.9. The normalized spacial score (nSPS) is 16.3. The molecule has 1 aromatic carbocycles. The van der Waals surface area contributed by atoms with Crippen molar-refractivity contribution in [1.29, 1.82) is 0 Å². The molecular formula is C19H20ClN3O5S. The van der Waals surface area contributed by atoms with Crippen molar-refractivity contribution in [3.63, 3.8) is 0 Å². The largest absolute Gasteiger partial charge is 0.451 e. The van der Waals surface area contributed by atoms with Gasteiger partial charge in [0.25, 0.3) is 5.91 Å². The molecule has 1 aliphatic heterocycles. The van der Waals surface area contributed by atoms with Crippen molar-refractivity contribution in [2.75, 3.05) is 26.2 Å². The van der Waals surface area contributed by atoms with Crippen LogP contribution in [0.25, 0.3) is 11.0 Å². The Bertz CT molecular complexity index is 1160. The number of benzene rings is 1. The van der Waals surface area contributed by atoms with Crippen LogP contribution in [-0.2, 0) is 10.0 Å². The second-order valence-corrected chi connectivity index (χ2v) is 9.31. The number of aryl methyl sites for hydroxylation is 2. The molecule has 0 bridgehead atoms. The minimum atomic E-state index is -3.74. The molecule has 10 heteroatoms. The number of fused-ring (bicyclic) bond motifs is 1. The highest BCUT2D eigenvalue weighted by Gasteiger charge is 2.33. The predicted octanol–water partition coefficient (Wildman–Crippen LogP) is 3.23. The first-order valence-corrected chi connectivity index (χ1v) is 11.0. The number of amides is 1. The van der Waals surface area contributed by atoms with Gasteiger partial charge in [0.15, 0.2) is 11.5 Å². The topological polar surface area (TPSA) is 96.9 Å². The van der Waals surface area contributed by atoms with Crippen LogP contribution in [0.1, 0.15) is 28.4 Å². The lowest BCUT2D eigenvalue weighted by Gasteiger charge is -2.21. The number of hydrogen-bond donors (Lipinski definition) is 0. The Balaban J connectivity index is 1.53. The first-order chi connectivity index (χ1) is 13.8. The number of rotatable bonds is 3. The third kappa shape index (κ3) is 3.65. The molecule has 0 unspecified atom stereocenters. The molecule has 154 valence electrons. The Morgan fingerprint density at radius 3 is 2.66 bits per heavy atom. The molecule has 0 radical (unpaired) electrons. The number of aromatic nitrogens is 1. The number of carbonyl (C=O) groups excluding carboxylic acids is 1. The maximum absolute atomic E-state index is 13.0. The summed E-state index contributed by atoms with van der Waals surface area (Å²) in [6, 6.07) is 6.81. The van der Waals surface area contributed by atoms with E-state index in [9.17, 15) is 13.2 Å². The molecule has 0 aliphatic carbocycles. The van der Waals surface area contributed by atoms with Gasteiger partial charge in [0, 0.05) is 36.6 Å². The SMILES string of the molecule is Cc1noc(C)c1S(=O)(=O)N1CCCN(C(=O)c2cc3cc(Cl)ccc3o2)CC1. The van der Waals surface area contributed by atoms with E-state index in [1.54, 1.807) is 43.0 Å². The Morgan fingerprint density at radius 1 is 1.14 bits per heavy atom. The summed E-state index contributed by atoms with van der Waals surface area (Å²) in [4.78, 5) is 14.6. The summed E-state index contributed by atoms with van der Waals surface area (Å²) < 4.78 is 38.1. The molecule has 8 nitrogen and oxygen atoms in total. The van der Waals surface area contributed by atoms with E-state index in [0.29, 0.717) is 35.8 Å². The van der Waals surface area contributed by atoms with E-state index in [0.717, 1.165) is 5.39 Å². The molecule has 1 fully saturated rings. The predicted molar refractivity (Wildman–Crippen MR) is 106 cm³/mol. The number of carbonyl (C=O) groups is 1. The Kier molecular flexibility index (Phi) is 5.14. The van der Waals surface area contributed by atoms with Gasteiger partial charge in [-0.25, -0.2) is 8.42 Å².